The number of hydrogen-bond donors (Lipinski definition) is 0. The third-order valence-corrected chi connectivity index (χ3v) is 4.69. The number of benzene rings is 2. The van der Waals surface area contributed by atoms with E-state index in [1.54, 1.807) is 17.0 Å². The molecule has 1 saturated heterocycles. The number of rotatable bonds is 5. The van der Waals surface area contributed by atoms with E-state index in [0.717, 1.165) is 16.6 Å². The molecule has 0 aliphatic carbocycles. The number of piperidine rings is 1. The maximum atomic E-state index is 13.6. The summed E-state index contributed by atoms with van der Waals surface area (Å²) >= 11 is 3.34. The van der Waals surface area contributed by atoms with E-state index in [1.165, 1.54) is 6.07 Å². The van der Waals surface area contributed by atoms with Gasteiger partial charge >= 0.3 is 0 Å². The van der Waals surface area contributed by atoms with Gasteiger partial charge in [0.2, 0.25) is 0 Å². The fourth-order valence-corrected chi connectivity index (χ4v) is 3.00. The van der Waals surface area contributed by atoms with Crippen molar-refractivity contribution < 1.29 is 23.0 Å². The lowest BCUT2D eigenvalue weighted by atomic mass is 10.1. The second kappa shape index (κ2) is 8.49. The van der Waals surface area contributed by atoms with Gasteiger partial charge in [-0.3, -0.25) is 4.79 Å². The first-order chi connectivity index (χ1) is 12.5. The summed E-state index contributed by atoms with van der Waals surface area (Å²) < 4.78 is 38.6. The summed E-state index contributed by atoms with van der Waals surface area (Å²) in [4.78, 5) is 14.0. The van der Waals surface area contributed by atoms with E-state index >= 15 is 0 Å². The van der Waals surface area contributed by atoms with Crippen LogP contribution in [-0.4, -0.2) is 36.6 Å². The average molecular weight is 426 g/mol. The molecule has 0 radical (unpaired) electrons. The summed E-state index contributed by atoms with van der Waals surface area (Å²) in [5, 5.41) is 0. The largest absolute Gasteiger partial charge is 0.487 e. The fourth-order valence-electron chi connectivity index (χ4n) is 2.74. The maximum Gasteiger partial charge on any atom is 0.260 e. The van der Waals surface area contributed by atoms with Gasteiger partial charge in [-0.15, -0.1) is 0 Å². The van der Waals surface area contributed by atoms with Gasteiger partial charge in [0.15, 0.2) is 18.2 Å². The molecule has 3 rings (SSSR count). The van der Waals surface area contributed by atoms with E-state index in [9.17, 15) is 13.6 Å². The molecule has 1 fully saturated rings. The van der Waals surface area contributed by atoms with Crippen molar-refractivity contribution in [3.63, 3.8) is 0 Å². The summed E-state index contributed by atoms with van der Waals surface area (Å²) in [7, 11) is 0. The zero-order valence-electron chi connectivity index (χ0n) is 14.0. The Morgan fingerprint density at radius 2 is 1.81 bits per heavy atom. The second-order valence-electron chi connectivity index (χ2n) is 6.02. The smallest absolute Gasteiger partial charge is 0.260 e. The number of carbonyl (C=O) groups excluding carboxylic acids is 1. The van der Waals surface area contributed by atoms with Crippen LogP contribution in [0, 0.1) is 11.6 Å². The maximum absolute atomic E-state index is 13.6. The number of likely N-dealkylation sites (tertiary alicyclic amines) is 1. The van der Waals surface area contributed by atoms with Crippen molar-refractivity contribution in [3.05, 3.63) is 58.6 Å². The number of nitrogens with zero attached hydrogens (tertiary/aromatic N) is 1. The van der Waals surface area contributed by atoms with Crippen LogP contribution >= 0.6 is 15.9 Å². The number of amides is 1. The van der Waals surface area contributed by atoms with Gasteiger partial charge in [-0.05, 0) is 36.4 Å². The minimum Gasteiger partial charge on any atom is -0.487 e. The normalized spacial score (nSPS) is 15.0. The Morgan fingerprint density at radius 1 is 1.12 bits per heavy atom. The third-order valence-electron chi connectivity index (χ3n) is 4.16. The predicted molar refractivity (Wildman–Crippen MR) is 96.2 cm³/mol. The summed E-state index contributed by atoms with van der Waals surface area (Å²) in [6.45, 7) is 0.992. The second-order valence-corrected chi connectivity index (χ2v) is 6.93. The Balaban J connectivity index is 1.45. The van der Waals surface area contributed by atoms with Gasteiger partial charge in [-0.2, -0.15) is 0 Å². The van der Waals surface area contributed by atoms with E-state index in [4.69, 9.17) is 9.47 Å². The van der Waals surface area contributed by atoms with Crippen LogP contribution in [0.5, 0.6) is 11.5 Å². The van der Waals surface area contributed by atoms with Gasteiger partial charge in [-0.1, -0.05) is 15.9 Å². The molecule has 7 heteroatoms. The van der Waals surface area contributed by atoms with Crippen molar-refractivity contribution in [1.82, 2.24) is 4.90 Å². The first-order valence-electron chi connectivity index (χ1n) is 8.29. The van der Waals surface area contributed by atoms with E-state index in [-0.39, 0.29) is 24.4 Å². The third kappa shape index (κ3) is 4.94. The molecular formula is C19H18BrF2NO3. The van der Waals surface area contributed by atoms with E-state index in [1.807, 2.05) is 12.1 Å². The standard InChI is InChI=1S/C19H18BrF2NO3/c20-13-1-4-15(5-2-13)25-12-19(24)23-9-7-16(8-10-23)26-18-6-3-14(21)11-17(18)22/h1-6,11,16H,7-10,12H2. The summed E-state index contributed by atoms with van der Waals surface area (Å²) in [5.74, 6) is -0.784. The molecule has 2 aromatic carbocycles. The molecule has 0 unspecified atom stereocenters. The lowest BCUT2D eigenvalue weighted by molar-refractivity contribution is -0.135. The zero-order valence-corrected chi connectivity index (χ0v) is 15.5. The minimum atomic E-state index is -0.716. The van der Waals surface area contributed by atoms with Gasteiger partial charge in [0.25, 0.3) is 5.91 Å². The van der Waals surface area contributed by atoms with E-state index in [2.05, 4.69) is 15.9 Å². The molecule has 0 N–H and O–H groups in total. The molecule has 1 amide bonds. The van der Waals surface area contributed by atoms with Gasteiger partial charge < -0.3 is 14.4 Å². The van der Waals surface area contributed by atoms with Crippen LogP contribution in [0.1, 0.15) is 12.8 Å². The average Bonchev–Trinajstić information content (AvgIpc) is 2.64. The Morgan fingerprint density at radius 3 is 2.46 bits per heavy atom. The number of hydrogen-bond acceptors (Lipinski definition) is 3. The van der Waals surface area contributed by atoms with Gasteiger partial charge in [0.05, 0.1) is 0 Å². The van der Waals surface area contributed by atoms with Crippen molar-refractivity contribution in [2.75, 3.05) is 19.7 Å². The summed E-state index contributed by atoms with van der Waals surface area (Å²) in [6, 6.07) is 10.5. The quantitative estimate of drug-likeness (QED) is 0.721. The molecule has 1 aliphatic heterocycles. The van der Waals surface area contributed by atoms with Crippen LogP contribution in [0.2, 0.25) is 0 Å². The molecule has 0 saturated carbocycles. The molecule has 0 atom stereocenters. The topological polar surface area (TPSA) is 38.8 Å². The van der Waals surface area contributed by atoms with Crippen LogP contribution < -0.4 is 9.47 Å². The van der Waals surface area contributed by atoms with Crippen LogP contribution in [0.25, 0.3) is 0 Å². The van der Waals surface area contributed by atoms with Crippen molar-refractivity contribution in [2.45, 2.75) is 18.9 Å². The molecule has 0 spiro atoms. The van der Waals surface area contributed by atoms with Gasteiger partial charge in [0.1, 0.15) is 17.7 Å². The molecule has 4 nitrogen and oxygen atoms in total. The monoisotopic (exact) mass is 425 g/mol. The van der Waals surface area contributed by atoms with Crippen LogP contribution in [0.3, 0.4) is 0 Å². The molecule has 138 valence electrons. The zero-order chi connectivity index (χ0) is 18.5. The first-order valence-corrected chi connectivity index (χ1v) is 9.08. The summed E-state index contributed by atoms with van der Waals surface area (Å²) in [6.07, 6.45) is 0.966. The van der Waals surface area contributed by atoms with E-state index < -0.39 is 11.6 Å². The molecule has 0 aromatic heterocycles. The number of halogens is 3. The lowest BCUT2D eigenvalue weighted by Gasteiger charge is -2.32. The van der Waals surface area contributed by atoms with Crippen LogP contribution in [0.15, 0.2) is 46.9 Å². The Hall–Kier alpha value is -2.15. The molecule has 2 aromatic rings. The highest BCUT2D eigenvalue weighted by Gasteiger charge is 2.25. The minimum absolute atomic E-state index is 0.0280. The number of ether oxygens (including phenoxy) is 2. The highest BCUT2D eigenvalue weighted by molar-refractivity contribution is 9.10. The van der Waals surface area contributed by atoms with Crippen LogP contribution in [-0.2, 0) is 4.79 Å². The van der Waals surface area contributed by atoms with Gasteiger partial charge in [0, 0.05) is 36.5 Å². The number of carbonyl (C=O) groups is 1. The predicted octanol–water partition coefficient (Wildman–Crippen LogP) is 4.18. The van der Waals surface area contributed by atoms with Gasteiger partial charge in [-0.25, -0.2) is 8.78 Å². The van der Waals surface area contributed by atoms with E-state index in [0.29, 0.717) is 31.7 Å². The molecule has 1 aliphatic rings. The SMILES string of the molecule is O=C(COc1ccc(Br)cc1)N1CCC(Oc2ccc(F)cc2F)CC1. The first kappa shape index (κ1) is 18.6. The fraction of sp³-hybridized carbons (Fsp3) is 0.316. The summed E-state index contributed by atoms with van der Waals surface area (Å²) in [5.41, 5.74) is 0. The molecule has 26 heavy (non-hydrogen) atoms. The van der Waals surface area contributed by atoms with Crippen molar-refractivity contribution in [2.24, 2.45) is 0 Å². The molecule has 1 heterocycles. The lowest BCUT2D eigenvalue weighted by Crippen LogP contribution is -2.43. The Bertz CT molecular complexity index is 762. The highest BCUT2D eigenvalue weighted by atomic mass is 79.9. The Labute approximate surface area is 158 Å². The molecular weight excluding hydrogens is 408 g/mol. The van der Waals surface area contributed by atoms with Crippen molar-refractivity contribution >= 4 is 21.8 Å². The molecule has 0 bridgehead atoms. The van der Waals surface area contributed by atoms with Crippen LogP contribution in [0.4, 0.5) is 8.78 Å². The Kier molecular flexibility index (Phi) is 6.08. The highest BCUT2D eigenvalue weighted by Crippen LogP contribution is 2.23. The van der Waals surface area contributed by atoms with Crippen molar-refractivity contribution in [1.29, 1.82) is 0 Å². The van der Waals surface area contributed by atoms with Crippen molar-refractivity contribution in [3.8, 4) is 11.5 Å².